The first-order chi connectivity index (χ1) is 9.20. The average Bonchev–Trinajstić information content (AvgIpc) is 2.85. The molecule has 1 N–H and O–H groups in total. The van der Waals surface area contributed by atoms with Gasteiger partial charge in [0.1, 0.15) is 5.82 Å². The maximum atomic E-state index is 13.6. The van der Waals surface area contributed by atoms with Gasteiger partial charge in [-0.2, -0.15) is 5.10 Å². The minimum atomic E-state index is -0.163. The third-order valence-electron chi connectivity index (χ3n) is 3.12. The molecule has 0 saturated carbocycles. The zero-order valence-electron chi connectivity index (χ0n) is 11.4. The topological polar surface area (TPSA) is 29.9 Å². The number of aromatic nitrogens is 2. The number of rotatable bonds is 6. The van der Waals surface area contributed by atoms with E-state index in [1.54, 1.807) is 6.07 Å². The van der Waals surface area contributed by atoms with Gasteiger partial charge in [0.25, 0.3) is 0 Å². The Hall–Kier alpha value is -1.68. The number of nitrogens with one attached hydrogen (secondary N) is 1. The van der Waals surface area contributed by atoms with Gasteiger partial charge in [-0.05, 0) is 19.4 Å². The van der Waals surface area contributed by atoms with Crippen LogP contribution in [0.2, 0.25) is 0 Å². The van der Waals surface area contributed by atoms with Crippen molar-refractivity contribution in [2.45, 2.75) is 39.4 Å². The zero-order chi connectivity index (χ0) is 13.7. The van der Waals surface area contributed by atoms with Gasteiger partial charge in [-0.3, -0.25) is 4.68 Å². The second-order valence-electron chi connectivity index (χ2n) is 4.74. The van der Waals surface area contributed by atoms with Crippen LogP contribution >= 0.6 is 0 Å². The Labute approximate surface area is 113 Å². The maximum Gasteiger partial charge on any atom is 0.127 e. The third kappa shape index (κ3) is 3.64. The van der Waals surface area contributed by atoms with E-state index >= 15 is 0 Å². The molecule has 19 heavy (non-hydrogen) atoms. The first-order valence-corrected chi connectivity index (χ1v) is 6.70. The summed E-state index contributed by atoms with van der Waals surface area (Å²) in [4.78, 5) is 0. The van der Waals surface area contributed by atoms with Crippen molar-refractivity contribution >= 4 is 0 Å². The molecule has 0 aliphatic heterocycles. The molecule has 2 aromatic rings. The summed E-state index contributed by atoms with van der Waals surface area (Å²) in [6.07, 6.45) is 4.96. The van der Waals surface area contributed by atoms with Gasteiger partial charge >= 0.3 is 0 Å². The maximum absolute atomic E-state index is 13.6. The van der Waals surface area contributed by atoms with E-state index in [9.17, 15) is 4.39 Å². The quantitative estimate of drug-likeness (QED) is 0.864. The van der Waals surface area contributed by atoms with Crippen LogP contribution in [0.3, 0.4) is 0 Å². The van der Waals surface area contributed by atoms with Crippen molar-refractivity contribution in [3.8, 4) is 0 Å². The standard InChI is InChI=1S/C15H20FN3/c1-3-8-19-11-13(10-18-19)9-17-12(2)14-6-4-5-7-15(14)16/h4-7,10-12,17H,3,8-9H2,1-2H3/t12-/m1/s1. The summed E-state index contributed by atoms with van der Waals surface area (Å²) in [6, 6.07) is 6.85. The van der Waals surface area contributed by atoms with Gasteiger partial charge in [0.2, 0.25) is 0 Å². The van der Waals surface area contributed by atoms with E-state index in [2.05, 4.69) is 17.3 Å². The molecule has 0 aliphatic rings. The molecule has 0 spiro atoms. The van der Waals surface area contributed by atoms with E-state index in [4.69, 9.17) is 0 Å². The fraction of sp³-hybridized carbons (Fsp3) is 0.400. The molecule has 0 bridgehead atoms. The van der Waals surface area contributed by atoms with Crippen molar-refractivity contribution in [2.75, 3.05) is 0 Å². The van der Waals surface area contributed by atoms with E-state index in [0.29, 0.717) is 12.1 Å². The summed E-state index contributed by atoms with van der Waals surface area (Å²) < 4.78 is 15.5. The summed E-state index contributed by atoms with van der Waals surface area (Å²) in [7, 11) is 0. The SMILES string of the molecule is CCCn1cc(CN[C@H](C)c2ccccc2F)cn1. The largest absolute Gasteiger partial charge is 0.306 e. The normalized spacial score (nSPS) is 12.6. The van der Waals surface area contributed by atoms with Crippen LogP contribution in [0.15, 0.2) is 36.7 Å². The van der Waals surface area contributed by atoms with E-state index in [-0.39, 0.29) is 11.9 Å². The minimum Gasteiger partial charge on any atom is -0.306 e. The van der Waals surface area contributed by atoms with Crippen molar-refractivity contribution in [1.29, 1.82) is 0 Å². The molecule has 0 radical (unpaired) electrons. The van der Waals surface area contributed by atoms with Crippen molar-refractivity contribution in [3.63, 3.8) is 0 Å². The number of nitrogens with zero attached hydrogens (tertiary/aromatic N) is 2. The molecule has 4 heteroatoms. The average molecular weight is 261 g/mol. The Morgan fingerprint density at radius 1 is 1.37 bits per heavy atom. The smallest absolute Gasteiger partial charge is 0.127 e. The lowest BCUT2D eigenvalue weighted by molar-refractivity contribution is 0.528. The van der Waals surface area contributed by atoms with E-state index < -0.39 is 0 Å². The van der Waals surface area contributed by atoms with Crippen LogP contribution in [0, 0.1) is 5.82 Å². The Kier molecular flexibility index (Phi) is 4.68. The molecule has 0 unspecified atom stereocenters. The molecular weight excluding hydrogens is 241 g/mol. The lowest BCUT2D eigenvalue weighted by Gasteiger charge is -2.14. The van der Waals surface area contributed by atoms with Crippen LogP contribution in [0.1, 0.15) is 37.4 Å². The van der Waals surface area contributed by atoms with Crippen molar-refractivity contribution in [2.24, 2.45) is 0 Å². The number of hydrogen-bond acceptors (Lipinski definition) is 2. The summed E-state index contributed by atoms with van der Waals surface area (Å²) >= 11 is 0. The van der Waals surface area contributed by atoms with Gasteiger partial charge < -0.3 is 5.32 Å². The van der Waals surface area contributed by atoms with Crippen LogP contribution < -0.4 is 5.32 Å². The molecule has 1 atom stereocenters. The Morgan fingerprint density at radius 2 is 2.16 bits per heavy atom. The highest BCUT2D eigenvalue weighted by Crippen LogP contribution is 2.16. The molecule has 3 nitrogen and oxygen atoms in total. The molecule has 0 amide bonds. The van der Waals surface area contributed by atoms with E-state index in [0.717, 1.165) is 18.5 Å². The van der Waals surface area contributed by atoms with Gasteiger partial charge in [0.15, 0.2) is 0 Å². The summed E-state index contributed by atoms with van der Waals surface area (Å²) in [5.74, 6) is -0.163. The fourth-order valence-electron chi connectivity index (χ4n) is 2.06. The van der Waals surface area contributed by atoms with Crippen molar-refractivity contribution in [3.05, 3.63) is 53.6 Å². The molecule has 1 aromatic heterocycles. The molecular formula is C15H20FN3. The monoisotopic (exact) mass is 261 g/mol. The van der Waals surface area contributed by atoms with Gasteiger partial charge in [-0.1, -0.05) is 25.1 Å². The van der Waals surface area contributed by atoms with Gasteiger partial charge in [-0.15, -0.1) is 0 Å². The third-order valence-corrected chi connectivity index (χ3v) is 3.12. The van der Waals surface area contributed by atoms with Crippen molar-refractivity contribution in [1.82, 2.24) is 15.1 Å². The van der Waals surface area contributed by atoms with Gasteiger partial charge in [-0.25, -0.2) is 4.39 Å². The first kappa shape index (κ1) is 13.7. The molecule has 0 aliphatic carbocycles. The molecule has 0 saturated heterocycles. The Balaban J connectivity index is 1.92. The summed E-state index contributed by atoms with van der Waals surface area (Å²) in [5.41, 5.74) is 1.82. The van der Waals surface area contributed by atoms with Gasteiger partial charge in [0.05, 0.1) is 6.20 Å². The molecule has 102 valence electrons. The van der Waals surface area contributed by atoms with Gasteiger partial charge in [0, 0.05) is 36.5 Å². The Bertz CT molecular complexity index is 522. The lowest BCUT2D eigenvalue weighted by Crippen LogP contribution is -2.18. The Morgan fingerprint density at radius 3 is 2.89 bits per heavy atom. The summed E-state index contributed by atoms with van der Waals surface area (Å²) in [5, 5.41) is 7.59. The highest BCUT2D eigenvalue weighted by atomic mass is 19.1. The first-order valence-electron chi connectivity index (χ1n) is 6.70. The number of hydrogen-bond donors (Lipinski definition) is 1. The number of benzene rings is 1. The molecule has 0 fully saturated rings. The summed E-state index contributed by atoms with van der Waals surface area (Å²) in [6.45, 7) is 5.72. The number of aryl methyl sites for hydroxylation is 1. The minimum absolute atomic E-state index is 0.0178. The second-order valence-corrected chi connectivity index (χ2v) is 4.74. The fourth-order valence-corrected chi connectivity index (χ4v) is 2.06. The predicted octanol–water partition coefficient (Wildman–Crippen LogP) is 3.28. The van der Waals surface area contributed by atoms with Crippen LogP contribution in [-0.2, 0) is 13.1 Å². The molecule has 2 rings (SSSR count). The molecule has 1 aromatic carbocycles. The second kappa shape index (κ2) is 6.48. The van der Waals surface area contributed by atoms with Crippen LogP contribution in [0.25, 0.3) is 0 Å². The highest BCUT2D eigenvalue weighted by molar-refractivity contribution is 5.20. The zero-order valence-corrected chi connectivity index (χ0v) is 11.4. The van der Waals surface area contributed by atoms with Crippen LogP contribution in [0.4, 0.5) is 4.39 Å². The van der Waals surface area contributed by atoms with Crippen LogP contribution in [0.5, 0.6) is 0 Å². The van der Waals surface area contributed by atoms with E-state index in [1.165, 1.54) is 6.07 Å². The highest BCUT2D eigenvalue weighted by Gasteiger charge is 2.09. The molecule has 1 heterocycles. The van der Waals surface area contributed by atoms with Crippen molar-refractivity contribution < 1.29 is 4.39 Å². The van der Waals surface area contributed by atoms with E-state index in [1.807, 2.05) is 36.1 Å². The lowest BCUT2D eigenvalue weighted by atomic mass is 10.1. The predicted molar refractivity (Wildman–Crippen MR) is 74.2 cm³/mol. The number of halogens is 1. The van der Waals surface area contributed by atoms with Crippen LogP contribution in [-0.4, -0.2) is 9.78 Å².